The van der Waals surface area contributed by atoms with Crippen molar-refractivity contribution in [3.63, 3.8) is 0 Å². The van der Waals surface area contributed by atoms with Crippen molar-refractivity contribution in [3.05, 3.63) is 83.1 Å². The molecule has 41 heavy (non-hydrogen) atoms. The number of pyridine rings is 1. The normalized spacial score (nSPS) is 16.1. The molecule has 2 aromatic carbocycles. The van der Waals surface area contributed by atoms with Gasteiger partial charge in [-0.25, -0.2) is 4.98 Å². The minimum atomic E-state index is -0.269. The fraction of sp³-hybridized carbons (Fsp3) is 0.344. The molecule has 2 atom stereocenters. The lowest BCUT2D eigenvalue weighted by Crippen LogP contribution is -2.42. The summed E-state index contributed by atoms with van der Waals surface area (Å²) in [4.78, 5) is 31.0. The highest BCUT2D eigenvalue weighted by Gasteiger charge is 2.28. The maximum Gasteiger partial charge on any atom is 0.224 e. The number of likely N-dealkylation sites (tertiary alicyclic amines) is 1. The van der Waals surface area contributed by atoms with E-state index in [1.54, 1.807) is 12.3 Å². The maximum absolute atomic E-state index is 13.4. The number of rotatable bonds is 9. The Morgan fingerprint density at radius 2 is 1.90 bits per heavy atom. The molecule has 2 aromatic heterocycles. The average Bonchev–Trinajstić information content (AvgIpc) is 3.33. The number of carbonyl (C=O) groups is 2. The average molecular weight is 573 g/mol. The van der Waals surface area contributed by atoms with Crippen LogP contribution in [0.3, 0.4) is 0 Å². The quantitative estimate of drug-likeness (QED) is 0.268. The summed E-state index contributed by atoms with van der Waals surface area (Å²) < 4.78 is 2.24. The Hall–Kier alpha value is -3.88. The van der Waals surface area contributed by atoms with Crippen LogP contribution in [-0.2, 0) is 22.6 Å². The highest BCUT2D eigenvalue weighted by molar-refractivity contribution is 6.35. The fourth-order valence-electron chi connectivity index (χ4n) is 5.78. The van der Waals surface area contributed by atoms with Crippen molar-refractivity contribution >= 4 is 40.1 Å². The number of piperidine rings is 1. The lowest BCUT2D eigenvalue weighted by Gasteiger charge is -2.34. The van der Waals surface area contributed by atoms with Gasteiger partial charge in [-0.05, 0) is 60.7 Å². The molecular weight excluding hydrogens is 536 g/mol. The van der Waals surface area contributed by atoms with Gasteiger partial charge >= 0.3 is 0 Å². The first-order chi connectivity index (χ1) is 19.8. The number of fused-ring (bicyclic) bond motifs is 1. The Bertz CT molecular complexity index is 1520. The van der Waals surface area contributed by atoms with Gasteiger partial charge in [-0.3, -0.25) is 9.59 Å². The molecule has 9 heteroatoms. The third kappa shape index (κ3) is 6.89. The third-order valence-corrected chi connectivity index (χ3v) is 8.16. The number of nitrogens with two attached hydrogens (primary N) is 2. The summed E-state index contributed by atoms with van der Waals surface area (Å²) in [7, 11) is 0. The molecule has 1 aliphatic heterocycles. The van der Waals surface area contributed by atoms with Crippen LogP contribution in [0.2, 0.25) is 5.02 Å². The van der Waals surface area contributed by atoms with Gasteiger partial charge in [0.25, 0.3) is 0 Å². The molecule has 5 rings (SSSR count). The monoisotopic (exact) mass is 572 g/mol. The lowest BCUT2D eigenvalue weighted by atomic mass is 9.93. The summed E-state index contributed by atoms with van der Waals surface area (Å²) in [5, 5.41) is 4.60. The van der Waals surface area contributed by atoms with Crippen LogP contribution in [0.15, 0.2) is 66.9 Å². The molecule has 8 nitrogen and oxygen atoms in total. The van der Waals surface area contributed by atoms with Crippen LogP contribution >= 0.6 is 11.6 Å². The molecule has 1 fully saturated rings. The van der Waals surface area contributed by atoms with Gasteiger partial charge in [0, 0.05) is 84.9 Å². The molecule has 1 saturated heterocycles. The number of aromatic nitrogens is 2. The number of amides is 2. The molecule has 5 N–H and O–H groups in total. The van der Waals surface area contributed by atoms with Gasteiger partial charge < -0.3 is 26.3 Å². The molecule has 214 valence electrons. The minimum absolute atomic E-state index is 0.0538. The van der Waals surface area contributed by atoms with E-state index in [0.29, 0.717) is 43.3 Å². The minimum Gasteiger partial charge on any atom is -0.384 e. The Kier molecular flexibility index (Phi) is 8.90. The zero-order chi connectivity index (χ0) is 28.9. The number of nitrogens with one attached hydrogen (secondary N) is 1. The molecule has 3 heterocycles. The first kappa shape index (κ1) is 28.6. The SMILES string of the molecule is CC(=O)NCCn1c(C2CCCN(C(=O)C[C@H](N)Cc3ccc(-c4ccc(N)nc4)cc3)C2)cc2c(Cl)cccc21. The van der Waals surface area contributed by atoms with Gasteiger partial charge in [-0.15, -0.1) is 0 Å². The van der Waals surface area contributed by atoms with Gasteiger partial charge in [0.15, 0.2) is 0 Å². The Morgan fingerprint density at radius 1 is 1.12 bits per heavy atom. The van der Waals surface area contributed by atoms with E-state index in [1.165, 1.54) is 6.92 Å². The molecule has 2 amide bonds. The van der Waals surface area contributed by atoms with Gasteiger partial charge in [-0.1, -0.05) is 41.9 Å². The molecule has 0 aliphatic carbocycles. The van der Waals surface area contributed by atoms with Crippen LogP contribution in [0.4, 0.5) is 5.82 Å². The number of hydrogen-bond acceptors (Lipinski definition) is 5. The Labute approximate surface area is 245 Å². The molecule has 4 aromatic rings. The van der Waals surface area contributed by atoms with Crippen molar-refractivity contribution in [2.45, 2.75) is 51.1 Å². The van der Waals surface area contributed by atoms with Gasteiger partial charge in [0.05, 0.1) is 0 Å². The maximum atomic E-state index is 13.4. The molecule has 0 radical (unpaired) electrons. The summed E-state index contributed by atoms with van der Waals surface area (Å²) >= 11 is 6.55. The zero-order valence-corrected chi connectivity index (χ0v) is 24.1. The molecule has 0 saturated carbocycles. The van der Waals surface area contributed by atoms with Crippen molar-refractivity contribution in [2.24, 2.45) is 5.73 Å². The summed E-state index contributed by atoms with van der Waals surface area (Å²) in [5.74, 6) is 0.711. The van der Waals surface area contributed by atoms with Crippen molar-refractivity contribution in [2.75, 3.05) is 25.4 Å². The number of carbonyl (C=O) groups excluding carboxylic acids is 2. The van der Waals surface area contributed by atoms with Crippen molar-refractivity contribution < 1.29 is 9.59 Å². The van der Waals surface area contributed by atoms with Crippen LogP contribution < -0.4 is 16.8 Å². The summed E-state index contributed by atoms with van der Waals surface area (Å²) in [6.07, 6.45) is 4.60. The van der Waals surface area contributed by atoms with E-state index in [-0.39, 0.29) is 23.8 Å². The van der Waals surface area contributed by atoms with E-state index in [9.17, 15) is 9.59 Å². The number of halogens is 1. The largest absolute Gasteiger partial charge is 0.384 e. The predicted octanol–water partition coefficient (Wildman–Crippen LogP) is 4.74. The number of anilines is 1. The fourth-order valence-corrected chi connectivity index (χ4v) is 6.01. The number of hydrogen-bond donors (Lipinski definition) is 3. The summed E-state index contributed by atoms with van der Waals surface area (Å²) in [6, 6.07) is 19.7. The van der Waals surface area contributed by atoms with Crippen molar-refractivity contribution in [1.82, 2.24) is 19.8 Å². The second kappa shape index (κ2) is 12.7. The zero-order valence-electron chi connectivity index (χ0n) is 23.4. The highest BCUT2D eigenvalue weighted by Crippen LogP contribution is 2.34. The van der Waals surface area contributed by atoms with Crippen LogP contribution in [-0.4, -0.2) is 51.9 Å². The highest BCUT2D eigenvalue weighted by atomic mass is 35.5. The van der Waals surface area contributed by atoms with Crippen molar-refractivity contribution in [3.8, 4) is 11.1 Å². The van der Waals surface area contributed by atoms with E-state index in [0.717, 1.165) is 52.7 Å². The first-order valence-corrected chi connectivity index (χ1v) is 14.5. The van der Waals surface area contributed by atoms with E-state index in [2.05, 4.69) is 39.1 Å². The first-order valence-electron chi connectivity index (χ1n) is 14.1. The molecular formula is C32H37ClN6O2. The molecule has 1 aliphatic rings. The number of nitrogens with zero attached hydrogens (tertiary/aromatic N) is 3. The van der Waals surface area contributed by atoms with Crippen LogP contribution in [0.25, 0.3) is 22.0 Å². The summed E-state index contributed by atoms with van der Waals surface area (Å²) in [5.41, 5.74) is 17.5. The molecule has 1 unspecified atom stereocenters. The smallest absolute Gasteiger partial charge is 0.224 e. The second-order valence-electron chi connectivity index (χ2n) is 10.9. The van der Waals surface area contributed by atoms with Gasteiger partial charge in [0.2, 0.25) is 11.8 Å². The molecule has 0 bridgehead atoms. The Balaban J connectivity index is 1.23. The van der Waals surface area contributed by atoms with E-state index in [1.807, 2.05) is 35.2 Å². The topological polar surface area (TPSA) is 119 Å². The second-order valence-corrected chi connectivity index (χ2v) is 11.3. The van der Waals surface area contributed by atoms with Gasteiger partial charge in [-0.2, -0.15) is 0 Å². The number of benzene rings is 2. The van der Waals surface area contributed by atoms with Crippen LogP contribution in [0.1, 0.15) is 43.4 Å². The van der Waals surface area contributed by atoms with E-state index < -0.39 is 0 Å². The van der Waals surface area contributed by atoms with Crippen LogP contribution in [0.5, 0.6) is 0 Å². The lowest BCUT2D eigenvalue weighted by molar-refractivity contribution is -0.132. The number of nitrogen functional groups attached to an aromatic ring is 1. The molecule has 0 spiro atoms. The predicted molar refractivity (Wildman–Crippen MR) is 165 cm³/mol. The Morgan fingerprint density at radius 3 is 2.63 bits per heavy atom. The standard InChI is InChI=1S/C32H37ClN6O2/c1-21(40)36-13-15-39-29-6-2-5-28(33)27(29)18-30(39)25-4-3-14-38(20-25)32(41)17-26(34)16-22-7-9-23(10-8-22)24-11-12-31(35)37-19-24/h2,5-12,18-19,25-26H,3-4,13-17,20,34H2,1H3,(H2,35,37)(H,36,40)/t25?,26-/m1/s1. The van der Waals surface area contributed by atoms with E-state index in [4.69, 9.17) is 23.1 Å². The van der Waals surface area contributed by atoms with Gasteiger partial charge in [0.1, 0.15) is 5.82 Å². The third-order valence-electron chi connectivity index (χ3n) is 7.83. The van der Waals surface area contributed by atoms with E-state index >= 15 is 0 Å². The van der Waals surface area contributed by atoms with Crippen molar-refractivity contribution in [1.29, 1.82) is 0 Å². The van der Waals surface area contributed by atoms with Crippen LogP contribution in [0, 0.1) is 0 Å². The summed E-state index contributed by atoms with van der Waals surface area (Å²) in [6.45, 7) is 4.07.